The number of nitrogens with one attached hydrogen (secondary N) is 1. The Morgan fingerprint density at radius 1 is 1.43 bits per heavy atom. The maximum atomic E-state index is 12.0. The van der Waals surface area contributed by atoms with Crippen molar-refractivity contribution in [2.45, 2.75) is 44.2 Å². The van der Waals surface area contributed by atoms with Gasteiger partial charge < -0.3 is 20.5 Å². The van der Waals surface area contributed by atoms with E-state index >= 15 is 0 Å². The van der Waals surface area contributed by atoms with E-state index in [2.05, 4.69) is 5.32 Å². The van der Waals surface area contributed by atoms with Crippen molar-refractivity contribution in [3.63, 3.8) is 0 Å². The molecular weight excluding hydrogens is 288 g/mol. The SMILES string of the molecule is COc1ccsc1C(=O)NCCCOC1CCC(N)CC1. The minimum absolute atomic E-state index is 0.0783. The second-order valence-electron chi connectivity index (χ2n) is 5.34. The fourth-order valence-corrected chi connectivity index (χ4v) is 3.26. The van der Waals surface area contributed by atoms with Gasteiger partial charge in [-0.1, -0.05) is 0 Å². The van der Waals surface area contributed by atoms with Crippen LogP contribution in [0.4, 0.5) is 0 Å². The fourth-order valence-electron chi connectivity index (χ4n) is 2.48. The van der Waals surface area contributed by atoms with Crippen LogP contribution in [0.5, 0.6) is 5.75 Å². The zero-order valence-corrected chi connectivity index (χ0v) is 13.3. The molecule has 21 heavy (non-hydrogen) atoms. The van der Waals surface area contributed by atoms with E-state index in [1.54, 1.807) is 13.2 Å². The summed E-state index contributed by atoms with van der Waals surface area (Å²) in [6.07, 6.45) is 5.39. The Balaban J connectivity index is 1.58. The van der Waals surface area contributed by atoms with Gasteiger partial charge in [-0.05, 0) is 43.6 Å². The quantitative estimate of drug-likeness (QED) is 0.757. The van der Waals surface area contributed by atoms with Gasteiger partial charge >= 0.3 is 0 Å². The maximum Gasteiger partial charge on any atom is 0.265 e. The van der Waals surface area contributed by atoms with Crippen molar-refractivity contribution in [2.24, 2.45) is 5.73 Å². The summed E-state index contributed by atoms with van der Waals surface area (Å²) in [5.41, 5.74) is 5.86. The van der Waals surface area contributed by atoms with E-state index in [0.29, 0.717) is 35.9 Å². The van der Waals surface area contributed by atoms with Gasteiger partial charge in [0.2, 0.25) is 0 Å². The van der Waals surface area contributed by atoms with Crippen LogP contribution in [-0.4, -0.2) is 38.3 Å². The van der Waals surface area contributed by atoms with E-state index in [1.165, 1.54) is 11.3 Å². The Morgan fingerprint density at radius 3 is 2.90 bits per heavy atom. The molecule has 1 amide bonds. The summed E-state index contributed by atoms with van der Waals surface area (Å²) in [4.78, 5) is 12.6. The molecule has 1 aromatic rings. The minimum atomic E-state index is -0.0783. The molecule has 1 heterocycles. The summed E-state index contributed by atoms with van der Waals surface area (Å²) in [5, 5.41) is 4.75. The topological polar surface area (TPSA) is 73.6 Å². The van der Waals surface area contributed by atoms with Crippen LogP contribution in [0, 0.1) is 0 Å². The summed E-state index contributed by atoms with van der Waals surface area (Å²) >= 11 is 1.39. The molecule has 0 atom stereocenters. The fraction of sp³-hybridized carbons (Fsp3) is 0.667. The Bertz CT molecular complexity index is 442. The standard InChI is InChI=1S/C15H24N2O3S/c1-19-13-7-10-21-14(13)15(18)17-8-2-9-20-12-5-3-11(16)4-6-12/h7,10-12H,2-6,8-9,16H2,1H3,(H,17,18). The summed E-state index contributed by atoms with van der Waals surface area (Å²) in [5.74, 6) is 0.554. The molecule has 0 aliphatic heterocycles. The van der Waals surface area contributed by atoms with Gasteiger partial charge in [-0.25, -0.2) is 0 Å². The normalized spacial score (nSPS) is 22.0. The summed E-state index contributed by atoms with van der Waals surface area (Å²) in [6.45, 7) is 1.30. The lowest BCUT2D eigenvalue weighted by atomic mass is 9.94. The molecular formula is C15H24N2O3S. The number of ether oxygens (including phenoxy) is 2. The molecule has 0 unspecified atom stereocenters. The number of carbonyl (C=O) groups excluding carboxylic acids is 1. The third-order valence-electron chi connectivity index (χ3n) is 3.73. The molecule has 1 saturated carbocycles. The van der Waals surface area contributed by atoms with Crippen molar-refractivity contribution in [1.82, 2.24) is 5.32 Å². The van der Waals surface area contributed by atoms with Crippen LogP contribution in [0.25, 0.3) is 0 Å². The predicted octanol–water partition coefficient (Wildman–Crippen LogP) is 2.16. The number of hydrogen-bond acceptors (Lipinski definition) is 5. The highest BCUT2D eigenvalue weighted by Crippen LogP contribution is 2.24. The van der Waals surface area contributed by atoms with Crippen molar-refractivity contribution in [2.75, 3.05) is 20.3 Å². The molecule has 0 radical (unpaired) electrons. The van der Waals surface area contributed by atoms with E-state index in [0.717, 1.165) is 32.1 Å². The van der Waals surface area contributed by atoms with Gasteiger partial charge in [0.1, 0.15) is 10.6 Å². The average molecular weight is 312 g/mol. The van der Waals surface area contributed by atoms with Crippen LogP contribution in [-0.2, 0) is 4.74 Å². The average Bonchev–Trinajstić information content (AvgIpc) is 2.97. The number of rotatable bonds is 7. The molecule has 1 aliphatic carbocycles. The molecule has 0 saturated heterocycles. The lowest BCUT2D eigenvalue weighted by Gasteiger charge is -2.26. The van der Waals surface area contributed by atoms with Gasteiger partial charge in [-0.3, -0.25) is 4.79 Å². The molecule has 5 nitrogen and oxygen atoms in total. The second kappa shape index (κ2) is 8.36. The molecule has 2 rings (SSSR count). The van der Waals surface area contributed by atoms with E-state index in [1.807, 2.05) is 5.38 Å². The molecule has 0 aromatic carbocycles. The van der Waals surface area contributed by atoms with Crippen molar-refractivity contribution >= 4 is 17.2 Å². The predicted molar refractivity (Wildman–Crippen MR) is 84.0 cm³/mol. The van der Waals surface area contributed by atoms with E-state index in [9.17, 15) is 4.79 Å². The Morgan fingerprint density at radius 2 is 2.19 bits per heavy atom. The van der Waals surface area contributed by atoms with E-state index in [-0.39, 0.29) is 5.91 Å². The Hall–Kier alpha value is -1.11. The first-order valence-electron chi connectivity index (χ1n) is 7.47. The first-order chi connectivity index (χ1) is 10.2. The molecule has 0 spiro atoms. The largest absolute Gasteiger partial charge is 0.495 e. The second-order valence-corrected chi connectivity index (χ2v) is 6.25. The van der Waals surface area contributed by atoms with Crippen molar-refractivity contribution in [3.05, 3.63) is 16.3 Å². The number of methoxy groups -OCH3 is 1. The third kappa shape index (κ3) is 4.98. The van der Waals surface area contributed by atoms with Crippen LogP contribution in [0.15, 0.2) is 11.4 Å². The van der Waals surface area contributed by atoms with E-state index in [4.69, 9.17) is 15.2 Å². The molecule has 118 valence electrons. The highest BCUT2D eigenvalue weighted by atomic mass is 32.1. The molecule has 1 aromatic heterocycles. The van der Waals surface area contributed by atoms with Gasteiger partial charge in [0, 0.05) is 19.2 Å². The first-order valence-corrected chi connectivity index (χ1v) is 8.35. The molecule has 1 aliphatic rings. The lowest BCUT2D eigenvalue weighted by molar-refractivity contribution is 0.0241. The van der Waals surface area contributed by atoms with Gasteiger partial charge in [-0.15, -0.1) is 11.3 Å². The first kappa shape index (κ1) is 16.3. The van der Waals surface area contributed by atoms with Crippen LogP contribution < -0.4 is 15.8 Å². The van der Waals surface area contributed by atoms with Gasteiger partial charge in [0.15, 0.2) is 0 Å². The Labute approximate surface area is 129 Å². The minimum Gasteiger partial charge on any atom is -0.495 e. The lowest BCUT2D eigenvalue weighted by Crippen LogP contribution is -2.31. The van der Waals surface area contributed by atoms with Gasteiger partial charge in [-0.2, -0.15) is 0 Å². The van der Waals surface area contributed by atoms with Crippen LogP contribution in [0.2, 0.25) is 0 Å². The number of amides is 1. The summed E-state index contributed by atoms with van der Waals surface area (Å²) in [6, 6.07) is 2.15. The molecule has 1 fully saturated rings. The van der Waals surface area contributed by atoms with Crippen LogP contribution in [0.3, 0.4) is 0 Å². The number of nitrogens with two attached hydrogens (primary N) is 1. The van der Waals surface area contributed by atoms with Crippen LogP contribution in [0.1, 0.15) is 41.8 Å². The number of thiophene rings is 1. The zero-order chi connectivity index (χ0) is 15.1. The third-order valence-corrected chi connectivity index (χ3v) is 4.63. The van der Waals surface area contributed by atoms with Crippen molar-refractivity contribution in [3.8, 4) is 5.75 Å². The summed E-state index contributed by atoms with van der Waals surface area (Å²) in [7, 11) is 1.57. The number of carbonyl (C=O) groups is 1. The van der Waals surface area contributed by atoms with Crippen LogP contribution >= 0.6 is 11.3 Å². The van der Waals surface area contributed by atoms with Crippen molar-refractivity contribution in [1.29, 1.82) is 0 Å². The zero-order valence-electron chi connectivity index (χ0n) is 12.5. The maximum absolute atomic E-state index is 12.0. The molecule has 0 bridgehead atoms. The smallest absolute Gasteiger partial charge is 0.265 e. The van der Waals surface area contributed by atoms with Gasteiger partial charge in [0.25, 0.3) is 5.91 Å². The molecule has 3 N–H and O–H groups in total. The van der Waals surface area contributed by atoms with E-state index < -0.39 is 0 Å². The highest BCUT2D eigenvalue weighted by Gasteiger charge is 2.18. The molecule has 6 heteroatoms. The monoisotopic (exact) mass is 312 g/mol. The highest BCUT2D eigenvalue weighted by molar-refractivity contribution is 7.12. The summed E-state index contributed by atoms with van der Waals surface area (Å²) < 4.78 is 11.0. The Kier molecular flexibility index (Phi) is 6.48. The van der Waals surface area contributed by atoms with Crippen molar-refractivity contribution < 1.29 is 14.3 Å². The number of hydrogen-bond donors (Lipinski definition) is 2. The van der Waals surface area contributed by atoms with Gasteiger partial charge in [0.05, 0.1) is 13.2 Å².